The van der Waals surface area contributed by atoms with Crippen LogP contribution in [0.3, 0.4) is 0 Å². The van der Waals surface area contributed by atoms with E-state index in [0.29, 0.717) is 23.1 Å². The first-order valence-electron chi connectivity index (χ1n) is 8.52. The van der Waals surface area contributed by atoms with E-state index in [1.165, 1.54) is 12.1 Å². The number of amides is 1. The fourth-order valence-electron chi connectivity index (χ4n) is 3.12. The van der Waals surface area contributed by atoms with E-state index in [4.69, 9.17) is 4.65 Å². The van der Waals surface area contributed by atoms with Gasteiger partial charge in [0, 0.05) is 12.1 Å². The van der Waals surface area contributed by atoms with Crippen LogP contribution in [0.15, 0.2) is 42.5 Å². The maximum Gasteiger partial charge on any atom is 0.492 e. The Labute approximate surface area is 155 Å². The Balaban J connectivity index is 1.60. The van der Waals surface area contributed by atoms with Crippen molar-refractivity contribution in [2.45, 2.75) is 38.5 Å². The maximum absolute atomic E-state index is 12.6. The predicted molar refractivity (Wildman–Crippen MR) is 96.6 cm³/mol. The number of benzene rings is 2. The summed E-state index contributed by atoms with van der Waals surface area (Å²) in [6, 6.07) is 9.95. The van der Waals surface area contributed by atoms with Crippen molar-refractivity contribution in [1.82, 2.24) is 0 Å². The van der Waals surface area contributed by atoms with Gasteiger partial charge in [-0.15, -0.1) is 0 Å². The van der Waals surface area contributed by atoms with Crippen LogP contribution in [0.25, 0.3) is 0 Å². The first kappa shape index (κ1) is 19.4. The summed E-state index contributed by atoms with van der Waals surface area (Å²) in [5.41, 5.74) is 1.34. The number of carbonyl (C=O) groups is 1. The van der Waals surface area contributed by atoms with Gasteiger partial charge in [-0.05, 0) is 61.1 Å². The summed E-state index contributed by atoms with van der Waals surface area (Å²) in [6.45, 7) is 3.66. The van der Waals surface area contributed by atoms with Crippen molar-refractivity contribution in [3.8, 4) is 0 Å². The van der Waals surface area contributed by atoms with Gasteiger partial charge in [0.2, 0.25) is 5.91 Å². The van der Waals surface area contributed by atoms with E-state index in [1.807, 2.05) is 13.8 Å². The molecular formula is C19H19BF3NO3. The summed E-state index contributed by atoms with van der Waals surface area (Å²) in [5.74, 6) is -0.243. The fourth-order valence-corrected chi connectivity index (χ4v) is 3.12. The Morgan fingerprint density at radius 3 is 2.48 bits per heavy atom. The van der Waals surface area contributed by atoms with Gasteiger partial charge in [0.15, 0.2) is 0 Å². The lowest BCUT2D eigenvalue weighted by Crippen LogP contribution is -2.28. The smallest absolute Gasteiger partial charge is 0.423 e. The van der Waals surface area contributed by atoms with E-state index in [2.05, 4.69) is 5.32 Å². The number of hydrogen-bond donors (Lipinski definition) is 2. The van der Waals surface area contributed by atoms with Crippen molar-refractivity contribution >= 4 is 24.2 Å². The SMILES string of the molecule is CC1(C)OB(O)c2ccc(NC(=O)CCc3ccc(C(F)(F)F)cc3)cc21. The van der Waals surface area contributed by atoms with Gasteiger partial charge < -0.3 is 15.0 Å². The number of carbonyl (C=O) groups excluding carboxylic acids is 1. The molecule has 4 nitrogen and oxygen atoms in total. The van der Waals surface area contributed by atoms with Gasteiger partial charge in [0.25, 0.3) is 0 Å². The minimum Gasteiger partial charge on any atom is -0.423 e. The Bertz CT molecular complexity index is 850. The summed E-state index contributed by atoms with van der Waals surface area (Å²) < 4.78 is 43.2. The van der Waals surface area contributed by atoms with Crippen molar-refractivity contribution in [3.63, 3.8) is 0 Å². The first-order valence-corrected chi connectivity index (χ1v) is 8.52. The fraction of sp³-hybridized carbons (Fsp3) is 0.316. The molecule has 2 aromatic rings. The Morgan fingerprint density at radius 2 is 1.85 bits per heavy atom. The van der Waals surface area contributed by atoms with Crippen molar-refractivity contribution in [2.75, 3.05) is 5.32 Å². The monoisotopic (exact) mass is 377 g/mol. The number of aryl methyl sites for hydroxylation is 1. The molecule has 0 radical (unpaired) electrons. The molecule has 2 N–H and O–H groups in total. The van der Waals surface area contributed by atoms with Gasteiger partial charge in [0.05, 0.1) is 11.2 Å². The molecule has 142 valence electrons. The van der Waals surface area contributed by atoms with Crippen LogP contribution >= 0.6 is 0 Å². The van der Waals surface area contributed by atoms with Crippen molar-refractivity contribution in [1.29, 1.82) is 0 Å². The Kier molecular flexibility index (Phi) is 5.05. The highest BCUT2D eigenvalue weighted by Crippen LogP contribution is 2.31. The molecule has 0 aliphatic carbocycles. The molecule has 27 heavy (non-hydrogen) atoms. The second-order valence-electron chi connectivity index (χ2n) is 7.03. The minimum atomic E-state index is -4.37. The number of alkyl halides is 3. The molecule has 1 aliphatic heterocycles. The second-order valence-corrected chi connectivity index (χ2v) is 7.03. The van der Waals surface area contributed by atoms with Gasteiger partial charge in [-0.1, -0.05) is 18.2 Å². The van der Waals surface area contributed by atoms with E-state index in [0.717, 1.165) is 17.7 Å². The summed E-state index contributed by atoms with van der Waals surface area (Å²) >= 11 is 0. The minimum absolute atomic E-state index is 0.144. The molecule has 8 heteroatoms. The maximum atomic E-state index is 12.6. The summed E-state index contributed by atoms with van der Waals surface area (Å²) in [7, 11) is -0.987. The van der Waals surface area contributed by atoms with Gasteiger partial charge in [0.1, 0.15) is 0 Å². The number of fused-ring (bicyclic) bond motifs is 1. The summed E-state index contributed by atoms with van der Waals surface area (Å²) in [6.07, 6.45) is -3.89. The van der Waals surface area contributed by atoms with Crippen LogP contribution in [0, 0.1) is 0 Å². The highest BCUT2D eigenvalue weighted by molar-refractivity contribution is 6.62. The number of anilines is 1. The Hall–Kier alpha value is -2.32. The molecule has 0 spiro atoms. The van der Waals surface area contributed by atoms with Crippen LogP contribution in [-0.4, -0.2) is 18.0 Å². The van der Waals surface area contributed by atoms with E-state index >= 15 is 0 Å². The summed E-state index contributed by atoms with van der Waals surface area (Å²) in [4.78, 5) is 12.2. The van der Waals surface area contributed by atoms with Gasteiger partial charge >= 0.3 is 13.3 Å². The van der Waals surface area contributed by atoms with Gasteiger partial charge in [-0.3, -0.25) is 4.79 Å². The molecule has 0 saturated carbocycles. The van der Waals surface area contributed by atoms with E-state index in [9.17, 15) is 23.0 Å². The normalized spacial score (nSPS) is 15.6. The molecule has 2 aromatic carbocycles. The zero-order chi connectivity index (χ0) is 19.8. The third-order valence-electron chi connectivity index (χ3n) is 4.58. The van der Waals surface area contributed by atoms with Crippen LogP contribution in [0.4, 0.5) is 18.9 Å². The van der Waals surface area contributed by atoms with Gasteiger partial charge in [-0.25, -0.2) is 0 Å². The van der Waals surface area contributed by atoms with Crippen LogP contribution in [0.1, 0.15) is 37.0 Å². The molecule has 0 bridgehead atoms. The van der Waals surface area contributed by atoms with Crippen LogP contribution < -0.4 is 10.8 Å². The first-order chi connectivity index (χ1) is 12.6. The molecule has 1 heterocycles. The molecule has 0 fully saturated rings. The third kappa shape index (κ3) is 4.34. The zero-order valence-corrected chi connectivity index (χ0v) is 14.9. The number of nitrogens with one attached hydrogen (secondary N) is 1. The molecule has 1 aliphatic rings. The lowest BCUT2D eigenvalue weighted by Gasteiger charge is -2.20. The lowest BCUT2D eigenvalue weighted by atomic mass is 9.78. The second kappa shape index (κ2) is 7.01. The molecular weight excluding hydrogens is 358 g/mol. The van der Waals surface area contributed by atoms with Gasteiger partial charge in [-0.2, -0.15) is 13.2 Å². The predicted octanol–water partition coefficient (Wildman–Crippen LogP) is 3.23. The number of rotatable bonds is 4. The average molecular weight is 377 g/mol. The van der Waals surface area contributed by atoms with Crippen LogP contribution in [0.2, 0.25) is 0 Å². The highest BCUT2D eigenvalue weighted by Gasteiger charge is 2.40. The molecule has 0 unspecified atom stereocenters. The van der Waals surface area contributed by atoms with Crippen molar-refractivity contribution in [2.24, 2.45) is 0 Å². The third-order valence-corrected chi connectivity index (χ3v) is 4.58. The molecule has 3 rings (SSSR count). The van der Waals surface area contributed by atoms with E-state index < -0.39 is 24.5 Å². The highest BCUT2D eigenvalue weighted by atomic mass is 19.4. The lowest BCUT2D eigenvalue weighted by molar-refractivity contribution is -0.137. The van der Waals surface area contributed by atoms with Crippen LogP contribution in [0.5, 0.6) is 0 Å². The summed E-state index contributed by atoms with van der Waals surface area (Å²) in [5, 5.41) is 12.7. The van der Waals surface area contributed by atoms with Crippen molar-refractivity contribution < 1.29 is 27.6 Å². The molecule has 1 amide bonds. The quantitative estimate of drug-likeness (QED) is 0.805. The van der Waals surface area contributed by atoms with E-state index in [-0.39, 0.29) is 12.3 Å². The van der Waals surface area contributed by atoms with Crippen molar-refractivity contribution in [3.05, 3.63) is 59.2 Å². The Morgan fingerprint density at radius 1 is 1.19 bits per heavy atom. The number of halogens is 3. The van der Waals surface area contributed by atoms with E-state index in [1.54, 1.807) is 18.2 Å². The molecule has 0 aromatic heterocycles. The molecule has 0 saturated heterocycles. The largest absolute Gasteiger partial charge is 0.492 e. The average Bonchev–Trinajstić information content (AvgIpc) is 2.81. The zero-order valence-electron chi connectivity index (χ0n) is 14.9. The number of hydrogen-bond acceptors (Lipinski definition) is 3. The topological polar surface area (TPSA) is 58.6 Å². The van der Waals surface area contributed by atoms with Crippen LogP contribution in [-0.2, 0) is 27.6 Å². The molecule has 0 atom stereocenters. The standard InChI is InChI=1S/C19H19BF3NO3/c1-18(2)15-11-14(8-9-16(15)20(26)27-18)24-17(25)10-5-12-3-6-13(7-4-12)19(21,22)23/h3-4,6-9,11,26H,5,10H2,1-2H3,(H,24,25).